The zero-order valence-electron chi connectivity index (χ0n) is 9.17. The van der Waals surface area contributed by atoms with Gasteiger partial charge in [-0.2, -0.15) is 0 Å². The highest BCUT2D eigenvalue weighted by Crippen LogP contribution is 2.23. The number of piperidine rings is 1. The fourth-order valence-electron chi connectivity index (χ4n) is 1.90. The molecule has 2 nitrogen and oxygen atoms in total. The number of hydrogen-bond donors (Lipinski definition) is 1. The molecule has 1 aliphatic rings. The zero-order valence-corrected chi connectivity index (χ0v) is 9.17. The first-order valence-electron chi connectivity index (χ1n) is 5.49. The first-order chi connectivity index (χ1) is 7.66. The van der Waals surface area contributed by atoms with Crippen LogP contribution in [0.15, 0.2) is 18.2 Å². The van der Waals surface area contributed by atoms with Crippen molar-refractivity contribution >= 4 is 0 Å². The van der Waals surface area contributed by atoms with E-state index in [-0.39, 0.29) is 11.9 Å². The van der Waals surface area contributed by atoms with E-state index in [4.69, 9.17) is 4.74 Å². The number of hydrogen-bond acceptors (Lipinski definition) is 2. The van der Waals surface area contributed by atoms with Gasteiger partial charge in [0.1, 0.15) is 11.9 Å². The number of nitrogens with one attached hydrogen (secondary N) is 1. The van der Waals surface area contributed by atoms with Crippen LogP contribution in [0.2, 0.25) is 0 Å². The molecule has 4 heteroatoms. The second-order valence-electron chi connectivity index (χ2n) is 4.20. The molecule has 2 rings (SSSR count). The molecule has 0 bridgehead atoms. The SMILES string of the molecule is CC1CNCCC1Oc1ccc(F)cc1F. The summed E-state index contributed by atoms with van der Waals surface area (Å²) in [5, 5.41) is 3.24. The molecule has 1 aromatic rings. The van der Waals surface area contributed by atoms with Crippen molar-refractivity contribution in [1.82, 2.24) is 5.32 Å². The van der Waals surface area contributed by atoms with E-state index in [1.54, 1.807) is 0 Å². The summed E-state index contributed by atoms with van der Waals surface area (Å²) in [6, 6.07) is 3.41. The molecule has 0 amide bonds. The molecule has 1 saturated heterocycles. The van der Waals surface area contributed by atoms with Crippen LogP contribution in [0.4, 0.5) is 8.78 Å². The van der Waals surface area contributed by atoms with E-state index in [1.165, 1.54) is 12.1 Å². The molecule has 0 aliphatic carbocycles. The minimum Gasteiger partial charge on any atom is -0.487 e. The third-order valence-corrected chi connectivity index (χ3v) is 2.88. The van der Waals surface area contributed by atoms with Gasteiger partial charge in [-0.3, -0.25) is 0 Å². The largest absolute Gasteiger partial charge is 0.487 e. The van der Waals surface area contributed by atoms with E-state index in [1.807, 2.05) is 0 Å². The third-order valence-electron chi connectivity index (χ3n) is 2.88. The van der Waals surface area contributed by atoms with Gasteiger partial charge in [0.2, 0.25) is 0 Å². The van der Waals surface area contributed by atoms with Gasteiger partial charge in [0, 0.05) is 18.5 Å². The van der Waals surface area contributed by atoms with Crippen molar-refractivity contribution in [2.75, 3.05) is 13.1 Å². The highest BCUT2D eigenvalue weighted by Gasteiger charge is 2.23. The summed E-state index contributed by atoms with van der Waals surface area (Å²) in [6.07, 6.45) is 0.846. The molecule has 2 atom stereocenters. The molecule has 1 heterocycles. The van der Waals surface area contributed by atoms with Crippen molar-refractivity contribution in [2.45, 2.75) is 19.4 Å². The van der Waals surface area contributed by atoms with Crippen LogP contribution < -0.4 is 10.1 Å². The molecule has 0 aromatic heterocycles. The van der Waals surface area contributed by atoms with Crippen molar-refractivity contribution in [1.29, 1.82) is 0 Å². The summed E-state index contributed by atoms with van der Waals surface area (Å²) < 4.78 is 31.6. The highest BCUT2D eigenvalue weighted by molar-refractivity contribution is 5.25. The normalized spacial score (nSPS) is 25.4. The molecular weight excluding hydrogens is 212 g/mol. The number of rotatable bonds is 2. The zero-order chi connectivity index (χ0) is 11.5. The number of benzene rings is 1. The van der Waals surface area contributed by atoms with Crippen molar-refractivity contribution in [3.05, 3.63) is 29.8 Å². The average Bonchev–Trinajstić information content (AvgIpc) is 2.25. The Hall–Kier alpha value is -1.16. The summed E-state index contributed by atoms with van der Waals surface area (Å²) in [4.78, 5) is 0. The summed E-state index contributed by atoms with van der Waals surface area (Å²) in [6.45, 7) is 3.80. The van der Waals surface area contributed by atoms with Gasteiger partial charge < -0.3 is 10.1 Å². The third kappa shape index (κ3) is 2.50. The van der Waals surface area contributed by atoms with Gasteiger partial charge in [-0.05, 0) is 25.1 Å². The Morgan fingerprint density at radius 3 is 2.88 bits per heavy atom. The van der Waals surface area contributed by atoms with Gasteiger partial charge in [0.15, 0.2) is 11.6 Å². The molecule has 2 unspecified atom stereocenters. The first kappa shape index (κ1) is 11.3. The summed E-state index contributed by atoms with van der Waals surface area (Å²) in [5.74, 6) is -0.743. The average molecular weight is 227 g/mol. The maximum absolute atomic E-state index is 13.4. The van der Waals surface area contributed by atoms with Crippen molar-refractivity contribution in [3.63, 3.8) is 0 Å². The Balaban J connectivity index is 2.07. The van der Waals surface area contributed by atoms with E-state index in [0.29, 0.717) is 5.92 Å². The smallest absolute Gasteiger partial charge is 0.167 e. The van der Waals surface area contributed by atoms with Crippen molar-refractivity contribution in [2.24, 2.45) is 5.92 Å². The van der Waals surface area contributed by atoms with Crippen LogP contribution in [0.25, 0.3) is 0 Å². The van der Waals surface area contributed by atoms with Crippen LogP contribution in [0.1, 0.15) is 13.3 Å². The lowest BCUT2D eigenvalue weighted by molar-refractivity contribution is 0.107. The Kier molecular flexibility index (Phi) is 3.39. The molecule has 0 radical (unpaired) electrons. The van der Waals surface area contributed by atoms with Crippen molar-refractivity contribution < 1.29 is 13.5 Å². The fourth-order valence-corrected chi connectivity index (χ4v) is 1.90. The molecule has 1 aromatic carbocycles. The van der Waals surface area contributed by atoms with Gasteiger partial charge in [-0.25, -0.2) is 8.78 Å². The molecule has 0 saturated carbocycles. The quantitative estimate of drug-likeness (QED) is 0.837. The summed E-state index contributed by atoms with van der Waals surface area (Å²) >= 11 is 0. The predicted octanol–water partition coefficient (Wildman–Crippen LogP) is 2.34. The molecule has 1 N–H and O–H groups in total. The van der Waals surface area contributed by atoms with Crippen molar-refractivity contribution in [3.8, 4) is 5.75 Å². The molecule has 1 aliphatic heterocycles. The van der Waals surface area contributed by atoms with E-state index in [2.05, 4.69) is 12.2 Å². The topological polar surface area (TPSA) is 21.3 Å². The number of ether oxygens (including phenoxy) is 1. The molecule has 0 spiro atoms. The van der Waals surface area contributed by atoms with E-state index in [9.17, 15) is 8.78 Å². The predicted molar refractivity (Wildman–Crippen MR) is 57.4 cm³/mol. The lowest BCUT2D eigenvalue weighted by atomic mass is 9.98. The molecular formula is C12H15F2NO. The van der Waals surface area contributed by atoms with Gasteiger partial charge >= 0.3 is 0 Å². The maximum atomic E-state index is 13.4. The van der Waals surface area contributed by atoms with Gasteiger partial charge in [-0.1, -0.05) is 6.92 Å². The van der Waals surface area contributed by atoms with Gasteiger partial charge in [0.05, 0.1) is 0 Å². The first-order valence-corrected chi connectivity index (χ1v) is 5.49. The van der Waals surface area contributed by atoms with Crippen LogP contribution in [0.5, 0.6) is 5.75 Å². The minimum absolute atomic E-state index is 0.00112. The number of halogens is 2. The minimum atomic E-state index is -0.634. The van der Waals surface area contributed by atoms with Crippen LogP contribution in [-0.2, 0) is 0 Å². The lowest BCUT2D eigenvalue weighted by Crippen LogP contribution is -2.41. The Morgan fingerprint density at radius 2 is 2.19 bits per heavy atom. The second-order valence-corrected chi connectivity index (χ2v) is 4.20. The summed E-state index contributed by atoms with van der Waals surface area (Å²) in [5.41, 5.74) is 0. The fraction of sp³-hybridized carbons (Fsp3) is 0.500. The standard InChI is InChI=1S/C12H15F2NO/c1-8-7-15-5-4-11(8)16-12-3-2-9(13)6-10(12)14/h2-3,6,8,11,15H,4-5,7H2,1H3. The molecule has 16 heavy (non-hydrogen) atoms. The highest BCUT2D eigenvalue weighted by atomic mass is 19.1. The van der Waals surface area contributed by atoms with E-state index in [0.717, 1.165) is 25.6 Å². The Bertz CT molecular complexity index is 370. The van der Waals surface area contributed by atoms with Crippen LogP contribution in [0.3, 0.4) is 0 Å². The lowest BCUT2D eigenvalue weighted by Gasteiger charge is -2.30. The second kappa shape index (κ2) is 4.78. The van der Waals surface area contributed by atoms with Gasteiger partial charge in [0.25, 0.3) is 0 Å². The van der Waals surface area contributed by atoms with Crippen LogP contribution in [0, 0.1) is 17.6 Å². The maximum Gasteiger partial charge on any atom is 0.167 e. The van der Waals surface area contributed by atoms with E-state index >= 15 is 0 Å². The van der Waals surface area contributed by atoms with E-state index < -0.39 is 11.6 Å². The summed E-state index contributed by atoms with van der Waals surface area (Å²) in [7, 11) is 0. The monoisotopic (exact) mass is 227 g/mol. The Labute approximate surface area is 93.6 Å². The van der Waals surface area contributed by atoms with Gasteiger partial charge in [-0.15, -0.1) is 0 Å². The van der Waals surface area contributed by atoms with Crippen LogP contribution in [-0.4, -0.2) is 19.2 Å². The van der Waals surface area contributed by atoms with Crippen LogP contribution >= 0.6 is 0 Å². The molecule has 1 fully saturated rings. The molecule has 88 valence electrons. The Morgan fingerprint density at radius 1 is 1.38 bits per heavy atom.